The zero-order valence-electron chi connectivity index (χ0n) is 11.2. The van der Waals surface area contributed by atoms with Gasteiger partial charge in [0.15, 0.2) is 0 Å². The number of anilines is 1. The minimum absolute atomic E-state index is 0.624. The number of hydrogen-bond donors (Lipinski definition) is 1. The number of nitrogens with two attached hydrogens (primary N) is 1. The highest BCUT2D eigenvalue weighted by Crippen LogP contribution is 2.23. The van der Waals surface area contributed by atoms with E-state index in [-0.39, 0.29) is 0 Å². The second-order valence-corrected chi connectivity index (χ2v) is 4.53. The van der Waals surface area contributed by atoms with E-state index in [1.807, 2.05) is 67.6 Å². The van der Waals surface area contributed by atoms with Gasteiger partial charge < -0.3 is 10.5 Å². The average molecular weight is 265 g/mol. The Bertz CT molecular complexity index is 702. The topological polar surface area (TPSA) is 53.1 Å². The van der Waals surface area contributed by atoms with Crippen LogP contribution in [0.3, 0.4) is 0 Å². The van der Waals surface area contributed by atoms with Crippen LogP contribution < -0.4 is 10.5 Å². The van der Waals surface area contributed by atoms with Gasteiger partial charge in [0.25, 0.3) is 0 Å². The number of ether oxygens (including phenoxy) is 1. The first kappa shape index (κ1) is 12.3. The van der Waals surface area contributed by atoms with E-state index in [1.54, 1.807) is 4.68 Å². The Kier molecular flexibility index (Phi) is 3.13. The first-order valence-corrected chi connectivity index (χ1v) is 6.38. The van der Waals surface area contributed by atoms with Gasteiger partial charge in [-0.2, -0.15) is 5.10 Å². The van der Waals surface area contributed by atoms with E-state index in [4.69, 9.17) is 10.5 Å². The Hall–Kier alpha value is -2.75. The van der Waals surface area contributed by atoms with Crippen molar-refractivity contribution in [3.8, 4) is 17.2 Å². The SMILES string of the molecule is Cc1cc(N)n(-c2ccc(Oc3ccccc3)cc2)n1. The molecular weight excluding hydrogens is 250 g/mol. The molecule has 2 aromatic carbocycles. The Morgan fingerprint density at radius 2 is 1.60 bits per heavy atom. The van der Waals surface area contributed by atoms with Gasteiger partial charge in [0.05, 0.1) is 11.4 Å². The number of hydrogen-bond acceptors (Lipinski definition) is 3. The van der Waals surface area contributed by atoms with Gasteiger partial charge in [-0.05, 0) is 43.3 Å². The van der Waals surface area contributed by atoms with Gasteiger partial charge >= 0.3 is 0 Å². The quantitative estimate of drug-likeness (QED) is 0.787. The molecule has 0 atom stereocenters. The summed E-state index contributed by atoms with van der Waals surface area (Å²) in [4.78, 5) is 0. The number of nitrogens with zero attached hydrogens (tertiary/aromatic N) is 2. The van der Waals surface area contributed by atoms with Crippen molar-refractivity contribution in [1.82, 2.24) is 9.78 Å². The molecule has 3 rings (SSSR count). The van der Waals surface area contributed by atoms with Crippen molar-refractivity contribution in [2.45, 2.75) is 6.92 Å². The Balaban J connectivity index is 1.83. The van der Waals surface area contributed by atoms with E-state index in [0.29, 0.717) is 5.82 Å². The second kappa shape index (κ2) is 5.09. The fraction of sp³-hybridized carbons (Fsp3) is 0.0625. The summed E-state index contributed by atoms with van der Waals surface area (Å²) in [5, 5.41) is 4.34. The van der Waals surface area contributed by atoms with Gasteiger partial charge in [0.2, 0.25) is 0 Å². The Morgan fingerprint density at radius 3 is 2.20 bits per heavy atom. The number of aromatic nitrogens is 2. The lowest BCUT2D eigenvalue weighted by Crippen LogP contribution is -2.01. The Labute approximate surface area is 117 Å². The number of rotatable bonds is 3. The molecule has 0 radical (unpaired) electrons. The molecule has 1 heterocycles. The highest BCUT2D eigenvalue weighted by Gasteiger charge is 2.04. The van der Waals surface area contributed by atoms with Crippen molar-refractivity contribution in [2.24, 2.45) is 0 Å². The third kappa shape index (κ3) is 2.49. The maximum Gasteiger partial charge on any atom is 0.127 e. The predicted octanol–water partition coefficient (Wildman–Crippen LogP) is 3.56. The van der Waals surface area contributed by atoms with Crippen molar-refractivity contribution >= 4 is 5.82 Å². The van der Waals surface area contributed by atoms with Crippen LogP contribution in [0.25, 0.3) is 5.69 Å². The van der Waals surface area contributed by atoms with Gasteiger partial charge in [0, 0.05) is 6.07 Å². The van der Waals surface area contributed by atoms with E-state index >= 15 is 0 Å². The smallest absolute Gasteiger partial charge is 0.127 e. The summed E-state index contributed by atoms with van der Waals surface area (Å²) in [6.45, 7) is 1.92. The van der Waals surface area contributed by atoms with Crippen LogP contribution in [0, 0.1) is 6.92 Å². The summed E-state index contributed by atoms with van der Waals surface area (Å²) in [6, 6.07) is 19.2. The Morgan fingerprint density at radius 1 is 0.950 bits per heavy atom. The molecule has 3 aromatic rings. The van der Waals surface area contributed by atoms with Gasteiger partial charge in [-0.15, -0.1) is 0 Å². The molecule has 2 N–H and O–H groups in total. The lowest BCUT2D eigenvalue weighted by molar-refractivity contribution is 0.482. The van der Waals surface area contributed by atoms with Crippen molar-refractivity contribution in [2.75, 3.05) is 5.73 Å². The highest BCUT2D eigenvalue weighted by atomic mass is 16.5. The number of benzene rings is 2. The van der Waals surface area contributed by atoms with E-state index in [0.717, 1.165) is 22.9 Å². The minimum atomic E-state index is 0.624. The molecule has 4 nitrogen and oxygen atoms in total. The van der Waals surface area contributed by atoms with Gasteiger partial charge in [0.1, 0.15) is 17.3 Å². The third-order valence-corrected chi connectivity index (χ3v) is 2.92. The summed E-state index contributed by atoms with van der Waals surface area (Å²) < 4.78 is 7.45. The van der Waals surface area contributed by atoms with Crippen LogP contribution in [0.15, 0.2) is 60.7 Å². The van der Waals surface area contributed by atoms with Crippen molar-refractivity contribution in [1.29, 1.82) is 0 Å². The molecule has 0 fully saturated rings. The van der Waals surface area contributed by atoms with Crippen molar-refractivity contribution < 1.29 is 4.74 Å². The van der Waals surface area contributed by atoms with Crippen LogP contribution in [-0.4, -0.2) is 9.78 Å². The molecule has 1 aromatic heterocycles. The van der Waals surface area contributed by atoms with E-state index in [2.05, 4.69) is 5.10 Å². The minimum Gasteiger partial charge on any atom is -0.457 e. The lowest BCUT2D eigenvalue weighted by Gasteiger charge is -2.07. The van der Waals surface area contributed by atoms with Gasteiger partial charge in [-0.3, -0.25) is 0 Å². The van der Waals surface area contributed by atoms with Crippen LogP contribution >= 0.6 is 0 Å². The van der Waals surface area contributed by atoms with E-state index < -0.39 is 0 Å². The van der Waals surface area contributed by atoms with E-state index in [1.165, 1.54) is 0 Å². The maximum absolute atomic E-state index is 5.90. The maximum atomic E-state index is 5.90. The number of aryl methyl sites for hydroxylation is 1. The van der Waals surface area contributed by atoms with Crippen LogP contribution in [0.1, 0.15) is 5.69 Å². The molecule has 20 heavy (non-hydrogen) atoms. The van der Waals surface area contributed by atoms with E-state index in [9.17, 15) is 0 Å². The molecule has 0 aliphatic carbocycles. The van der Waals surface area contributed by atoms with Crippen molar-refractivity contribution in [3.63, 3.8) is 0 Å². The summed E-state index contributed by atoms with van der Waals surface area (Å²) in [7, 11) is 0. The molecule has 0 unspecified atom stereocenters. The monoisotopic (exact) mass is 265 g/mol. The largest absolute Gasteiger partial charge is 0.457 e. The zero-order valence-corrected chi connectivity index (χ0v) is 11.2. The van der Waals surface area contributed by atoms with Crippen LogP contribution in [0.5, 0.6) is 11.5 Å². The summed E-state index contributed by atoms with van der Waals surface area (Å²) in [5.41, 5.74) is 7.71. The molecule has 0 bridgehead atoms. The molecular formula is C16H15N3O. The number of para-hydroxylation sites is 1. The molecule has 0 amide bonds. The zero-order chi connectivity index (χ0) is 13.9. The van der Waals surface area contributed by atoms with Crippen LogP contribution in [0.2, 0.25) is 0 Å². The predicted molar refractivity (Wildman–Crippen MR) is 79.2 cm³/mol. The van der Waals surface area contributed by atoms with Gasteiger partial charge in [-0.1, -0.05) is 18.2 Å². The molecule has 100 valence electrons. The third-order valence-electron chi connectivity index (χ3n) is 2.92. The molecule has 0 saturated carbocycles. The van der Waals surface area contributed by atoms with Crippen LogP contribution in [-0.2, 0) is 0 Å². The van der Waals surface area contributed by atoms with Crippen LogP contribution in [0.4, 0.5) is 5.82 Å². The lowest BCUT2D eigenvalue weighted by atomic mass is 10.3. The second-order valence-electron chi connectivity index (χ2n) is 4.53. The van der Waals surface area contributed by atoms with Crippen molar-refractivity contribution in [3.05, 3.63) is 66.4 Å². The first-order valence-electron chi connectivity index (χ1n) is 6.38. The molecule has 4 heteroatoms. The standard InChI is InChI=1S/C16H15N3O/c1-12-11-16(17)19(18-12)13-7-9-15(10-8-13)20-14-5-3-2-4-6-14/h2-11H,17H2,1H3. The summed E-state index contributed by atoms with van der Waals surface area (Å²) >= 11 is 0. The summed E-state index contributed by atoms with van der Waals surface area (Å²) in [5.74, 6) is 2.22. The van der Waals surface area contributed by atoms with Gasteiger partial charge in [-0.25, -0.2) is 4.68 Å². The number of nitrogen functional groups attached to an aromatic ring is 1. The molecule has 0 aliphatic rings. The summed E-state index contributed by atoms with van der Waals surface area (Å²) in [6.07, 6.45) is 0. The first-order chi connectivity index (χ1) is 9.72. The normalized spacial score (nSPS) is 10.4. The fourth-order valence-corrected chi connectivity index (χ4v) is 2.01. The molecule has 0 aliphatic heterocycles. The fourth-order valence-electron chi connectivity index (χ4n) is 2.01. The average Bonchev–Trinajstić information content (AvgIpc) is 2.80. The molecule has 0 saturated heterocycles. The molecule has 0 spiro atoms. The highest BCUT2D eigenvalue weighted by molar-refractivity contribution is 5.45.